The molecule has 1 amide bonds. The van der Waals surface area contributed by atoms with Crippen molar-refractivity contribution in [3.05, 3.63) is 60.2 Å². The molecule has 0 aliphatic rings. The molecule has 0 saturated heterocycles. The number of hydrogen-bond acceptors (Lipinski definition) is 2. The normalized spacial score (nSPS) is 12.9. The second kappa shape index (κ2) is 20.4. The van der Waals surface area contributed by atoms with Crippen LogP contribution in [0.4, 0.5) is 4.79 Å². The van der Waals surface area contributed by atoms with E-state index in [1.807, 2.05) is 0 Å². The number of hydrogen-bond donors (Lipinski definition) is 0. The maximum Gasteiger partial charge on any atom is 0.410 e. The fourth-order valence-corrected chi connectivity index (χ4v) is 6.61. The molecule has 3 nitrogen and oxygen atoms in total. The highest BCUT2D eigenvalue weighted by atomic mass is 16.6. The first-order valence-electron chi connectivity index (χ1n) is 17.9. The number of carbonyl (C=O) groups excluding carboxylic acids is 1. The summed E-state index contributed by atoms with van der Waals surface area (Å²) in [5.74, 6) is 1.06. The number of rotatable bonds is 22. The van der Waals surface area contributed by atoms with Crippen LogP contribution >= 0.6 is 0 Å². The monoisotopic (exact) mass is 587 g/mol. The van der Waals surface area contributed by atoms with Gasteiger partial charge in [0.15, 0.2) is 0 Å². The summed E-state index contributed by atoms with van der Waals surface area (Å²) in [6.45, 7) is 11.1. The van der Waals surface area contributed by atoms with Crippen molar-refractivity contribution in [1.29, 1.82) is 0 Å². The number of ether oxygens (including phenoxy) is 1. The molecule has 0 radical (unpaired) electrons. The van der Waals surface area contributed by atoms with E-state index in [1.165, 1.54) is 111 Å². The van der Waals surface area contributed by atoms with Crippen molar-refractivity contribution in [2.24, 2.45) is 11.8 Å². The molecule has 0 bridgehead atoms. The Morgan fingerprint density at radius 3 is 1.53 bits per heavy atom. The third-order valence-corrected chi connectivity index (χ3v) is 9.52. The number of amides is 1. The van der Waals surface area contributed by atoms with Crippen LogP contribution in [0.3, 0.4) is 0 Å². The average molecular weight is 588 g/mol. The van der Waals surface area contributed by atoms with E-state index >= 15 is 0 Å². The van der Waals surface area contributed by atoms with Crippen LogP contribution in [0, 0.1) is 11.8 Å². The van der Waals surface area contributed by atoms with Gasteiger partial charge in [0, 0.05) is 18.7 Å². The van der Waals surface area contributed by atoms with Crippen LogP contribution in [0.15, 0.2) is 54.6 Å². The minimum absolute atomic E-state index is 0.139. The van der Waals surface area contributed by atoms with E-state index < -0.39 is 0 Å². The van der Waals surface area contributed by atoms with E-state index in [2.05, 4.69) is 87.2 Å². The molecular formula is C40H61NO2. The second-order valence-corrected chi connectivity index (χ2v) is 12.9. The standard InChI is InChI=1S/C40H61NO2/c1-5-9-11-13-15-17-23-33(7-3)30-41(31-34(8-4)24-18-16-14-12-10-6-2)40(42)43-32-39-37-27-21-19-25-35(37)29-36-26-20-22-28-38(36)39/h19-22,25-29,33-34H,5-18,23-24,30-32H2,1-4H3. The summed E-state index contributed by atoms with van der Waals surface area (Å²) in [6.07, 6.45) is 20.3. The SMILES string of the molecule is CCCCCCCCC(CC)CN(CC(CC)CCCCCCCC)C(=O)OCc1c2ccccc2cc2ccccc12. The van der Waals surface area contributed by atoms with Crippen molar-refractivity contribution in [3.63, 3.8) is 0 Å². The van der Waals surface area contributed by atoms with Crippen LogP contribution in [0.2, 0.25) is 0 Å². The predicted octanol–water partition coefficient (Wildman–Crippen LogP) is 12.5. The lowest BCUT2D eigenvalue weighted by molar-refractivity contribution is 0.0818. The van der Waals surface area contributed by atoms with Crippen LogP contribution < -0.4 is 0 Å². The average Bonchev–Trinajstić information content (AvgIpc) is 3.04. The van der Waals surface area contributed by atoms with Gasteiger partial charge in [-0.25, -0.2) is 4.79 Å². The Balaban J connectivity index is 1.70. The van der Waals surface area contributed by atoms with Gasteiger partial charge < -0.3 is 9.64 Å². The van der Waals surface area contributed by atoms with Gasteiger partial charge in [-0.05, 0) is 52.3 Å². The molecule has 238 valence electrons. The molecule has 0 aromatic heterocycles. The molecule has 0 aliphatic carbocycles. The van der Waals surface area contributed by atoms with E-state index in [9.17, 15) is 4.79 Å². The first kappa shape index (κ1) is 34.9. The quantitative estimate of drug-likeness (QED) is 0.0864. The molecule has 0 saturated carbocycles. The second-order valence-electron chi connectivity index (χ2n) is 12.9. The van der Waals surface area contributed by atoms with Gasteiger partial charge >= 0.3 is 6.09 Å². The fourth-order valence-electron chi connectivity index (χ4n) is 6.61. The zero-order valence-corrected chi connectivity index (χ0v) is 28.0. The predicted molar refractivity (Wildman–Crippen MR) is 187 cm³/mol. The van der Waals surface area contributed by atoms with Gasteiger partial charge in [-0.15, -0.1) is 0 Å². The van der Waals surface area contributed by atoms with Crippen molar-refractivity contribution in [2.45, 2.75) is 137 Å². The van der Waals surface area contributed by atoms with Gasteiger partial charge in [-0.3, -0.25) is 0 Å². The maximum atomic E-state index is 13.9. The summed E-state index contributed by atoms with van der Waals surface area (Å²) in [4.78, 5) is 16.0. The van der Waals surface area contributed by atoms with Gasteiger partial charge in [-0.2, -0.15) is 0 Å². The molecule has 2 unspecified atom stereocenters. The molecule has 43 heavy (non-hydrogen) atoms. The maximum absolute atomic E-state index is 13.9. The van der Waals surface area contributed by atoms with Crippen molar-refractivity contribution in [1.82, 2.24) is 4.90 Å². The van der Waals surface area contributed by atoms with E-state index in [4.69, 9.17) is 4.74 Å². The van der Waals surface area contributed by atoms with Crippen molar-refractivity contribution in [2.75, 3.05) is 13.1 Å². The third-order valence-electron chi connectivity index (χ3n) is 9.52. The lowest BCUT2D eigenvalue weighted by atomic mass is 9.94. The van der Waals surface area contributed by atoms with Gasteiger partial charge in [0.25, 0.3) is 0 Å². The van der Waals surface area contributed by atoms with Crippen LogP contribution in [-0.4, -0.2) is 24.1 Å². The summed E-state index contributed by atoms with van der Waals surface area (Å²) < 4.78 is 6.22. The summed E-state index contributed by atoms with van der Waals surface area (Å²) in [5, 5.41) is 4.73. The van der Waals surface area contributed by atoms with Crippen molar-refractivity contribution < 1.29 is 9.53 Å². The van der Waals surface area contributed by atoms with E-state index in [0.717, 1.165) is 31.5 Å². The van der Waals surface area contributed by atoms with Gasteiger partial charge in [0.2, 0.25) is 0 Å². The summed E-state index contributed by atoms with van der Waals surface area (Å²) in [5.41, 5.74) is 1.11. The van der Waals surface area contributed by atoms with E-state index in [1.54, 1.807) is 0 Å². The highest BCUT2D eigenvalue weighted by Gasteiger charge is 2.23. The molecule has 0 heterocycles. The summed E-state index contributed by atoms with van der Waals surface area (Å²) >= 11 is 0. The molecule has 3 rings (SSSR count). The Hall–Kier alpha value is -2.55. The largest absolute Gasteiger partial charge is 0.444 e. The molecular weight excluding hydrogens is 526 g/mol. The molecule has 0 aliphatic heterocycles. The fraction of sp³-hybridized carbons (Fsp3) is 0.625. The number of nitrogens with zero attached hydrogens (tertiary/aromatic N) is 1. The van der Waals surface area contributed by atoms with Crippen molar-refractivity contribution >= 4 is 27.6 Å². The summed E-state index contributed by atoms with van der Waals surface area (Å²) in [6, 6.07) is 19.2. The minimum Gasteiger partial charge on any atom is -0.444 e. The molecule has 3 aromatic rings. The molecule has 2 atom stereocenters. The highest BCUT2D eigenvalue weighted by Crippen LogP contribution is 2.29. The van der Waals surface area contributed by atoms with Crippen molar-refractivity contribution in [3.8, 4) is 0 Å². The summed E-state index contributed by atoms with van der Waals surface area (Å²) in [7, 11) is 0. The number of benzene rings is 3. The first-order valence-corrected chi connectivity index (χ1v) is 17.9. The first-order chi connectivity index (χ1) is 21.1. The van der Waals surface area contributed by atoms with Gasteiger partial charge in [0.1, 0.15) is 6.61 Å². The highest BCUT2D eigenvalue weighted by molar-refractivity contribution is 6.02. The zero-order chi connectivity index (χ0) is 30.7. The zero-order valence-electron chi connectivity index (χ0n) is 28.0. The van der Waals surface area contributed by atoms with E-state index in [0.29, 0.717) is 18.4 Å². The number of unbranched alkanes of at least 4 members (excludes halogenated alkanes) is 10. The third kappa shape index (κ3) is 11.8. The topological polar surface area (TPSA) is 29.5 Å². The smallest absolute Gasteiger partial charge is 0.410 e. The molecule has 0 N–H and O–H groups in total. The van der Waals surface area contributed by atoms with Gasteiger partial charge in [0.05, 0.1) is 0 Å². The number of fused-ring (bicyclic) bond motifs is 2. The van der Waals surface area contributed by atoms with Crippen LogP contribution in [-0.2, 0) is 11.3 Å². The molecule has 0 spiro atoms. The Bertz CT molecular complexity index is 1110. The number of carbonyl (C=O) groups is 1. The van der Waals surface area contributed by atoms with Crippen LogP contribution in [0.5, 0.6) is 0 Å². The molecule has 0 fully saturated rings. The molecule has 3 aromatic carbocycles. The Kier molecular flexibility index (Phi) is 16.6. The van der Waals surface area contributed by atoms with Gasteiger partial charge in [-0.1, -0.05) is 166 Å². The Labute approximate surface area is 263 Å². The lowest BCUT2D eigenvalue weighted by Crippen LogP contribution is -2.39. The lowest BCUT2D eigenvalue weighted by Gasteiger charge is -2.30. The minimum atomic E-state index is -0.139. The van der Waals surface area contributed by atoms with Crippen LogP contribution in [0.1, 0.15) is 136 Å². The van der Waals surface area contributed by atoms with Crippen LogP contribution in [0.25, 0.3) is 21.5 Å². The Morgan fingerprint density at radius 2 is 1.07 bits per heavy atom. The molecule has 3 heteroatoms. The Morgan fingerprint density at radius 1 is 0.628 bits per heavy atom. The van der Waals surface area contributed by atoms with E-state index in [-0.39, 0.29) is 6.09 Å².